The van der Waals surface area contributed by atoms with Gasteiger partial charge in [-0.25, -0.2) is 0 Å². The lowest BCUT2D eigenvalue weighted by Crippen LogP contribution is -2.63. The van der Waals surface area contributed by atoms with Crippen LogP contribution in [0.4, 0.5) is 0 Å². The Morgan fingerprint density at radius 1 is 1.11 bits per heavy atom. The van der Waals surface area contributed by atoms with Gasteiger partial charge >= 0.3 is 0 Å². The SMILES string of the molecule is CC(=O)NC1C(OCCCCCCNCC(=O)c2ccccc2)OC(CN=[N+]=[N-])C2OC(C)(C)OC12. The maximum atomic E-state index is 12.1. The molecule has 2 aliphatic rings. The molecule has 5 unspecified atom stereocenters. The molecule has 198 valence electrons. The Labute approximate surface area is 211 Å². The Bertz CT molecular complexity index is 907. The zero-order chi connectivity index (χ0) is 26.0. The van der Waals surface area contributed by atoms with Crippen LogP contribution in [0.2, 0.25) is 0 Å². The minimum atomic E-state index is -0.862. The van der Waals surface area contributed by atoms with E-state index in [4.69, 9.17) is 24.5 Å². The van der Waals surface area contributed by atoms with Crippen LogP contribution in [0.15, 0.2) is 35.4 Å². The molecule has 0 aliphatic carbocycles. The molecule has 0 spiro atoms. The number of rotatable bonds is 14. The van der Waals surface area contributed by atoms with Gasteiger partial charge in [0.2, 0.25) is 5.91 Å². The largest absolute Gasteiger partial charge is 0.350 e. The lowest BCUT2D eigenvalue weighted by Gasteiger charge is -2.41. The fourth-order valence-electron chi connectivity index (χ4n) is 4.50. The summed E-state index contributed by atoms with van der Waals surface area (Å²) in [5.74, 6) is -0.999. The van der Waals surface area contributed by atoms with Gasteiger partial charge in [-0.2, -0.15) is 0 Å². The number of hydrogen-bond donors (Lipinski definition) is 2. The Balaban J connectivity index is 1.40. The number of Topliss-reactive ketones (excluding diaryl/α,β-unsaturated/α-hetero) is 1. The molecule has 1 aromatic rings. The van der Waals surface area contributed by atoms with Gasteiger partial charge in [0.05, 0.1) is 19.2 Å². The van der Waals surface area contributed by atoms with E-state index >= 15 is 0 Å². The van der Waals surface area contributed by atoms with Gasteiger partial charge in [-0.3, -0.25) is 9.59 Å². The minimum absolute atomic E-state index is 0.0729. The van der Waals surface area contributed by atoms with Crippen molar-refractivity contribution in [2.45, 2.75) is 82.9 Å². The molecule has 5 atom stereocenters. The summed E-state index contributed by atoms with van der Waals surface area (Å²) in [5, 5.41) is 9.73. The average Bonchev–Trinajstić information content (AvgIpc) is 3.18. The quantitative estimate of drug-likeness (QED) is 0.130. The number of unbranched alkanes of at least 4 members (excludes halogenated alkanes) is 3. The predicted molar refractivity (Wildman–Crippen MR) is 132 cm³/mol. The van der Waals surface area contributed by atoms with Crippen molar-refractivity contribution >= 4 is 11.7 Å². The molecular weight excluding hydrogens is 466 g/mol. The number of hydrogen-bond acceptors (Lipinski definition) is 8. The van der Waals surface area contributed by atoms with E-state index in [0.29, 0.717) is 13.2 Å². The maximum absolute atomic E-state index is 12.1. The fraction of sp³-hybridized carbons (Fsp3) is 0.680. The molecule has 2 fully saturated rings. The van der Waals surface area contributed by atoms with Crippen molar-refractivity contribution in [3.63, 3.8) is 0 Å². The molecule has 0 aromatic heterocycles. The topological polar surface area (TPSA) is 144 Å². The molecule has 2 heterocycles. The van der Waals surface area contributed by atoms with Gasteiger partial charge in [-0.1, -0.05) is 48.3 Å². The Kier molecular flexibility index (Phi) is 10.7. The van der Waals surface area contributed by atoms with Crippen molar-refractivity contribution in [1.29, 1.82) is 0 Å². The van der Waals surface area contributed by atoms with Gasteiger partial charge in [0.1, 0.15) is 18.2 Å². The Hall–Kier alpha value is -2.53. The summed E-state index contributed by atoms with van der Waals surface area (Å²) in [5.41, 5.74) is 9.47. The van der Waals surface area contributed by atoms with Gasteiger partial charge in [0.25, 0.3) is 0 Å². The smallest absolute Gasteiger partial charge is 0.217 e. The molecule has 36 heavy (non-hydrogen) atoms. The third-order valence-corrected chi connectivity index (χ3v) is 6.09. The van der Waals surface area contributed by atoms with Crippen LogP contribution in [0, 0.1) is 0 Å². The molecule has 1 aromatic carbocycles. The number of nitrogens with zero attached hydrogens (tertiary/aromatic N) is 3. The van der Waals surface area contributed by atoms with Crippen LogP contribution >= 0.6 is 0 Å². The third-order valence-electron chi connectivity index (χ3n) is 6.09. The number of ketones is 1. The van der Waals surface area contributed by atoms with Crippen molar-refractivity contribution < 1.29 is 28.5 Å². The zero-order valence-electron chi connectivity index (χ0n) is 21.2. The molecule has 2 N–H and O–H groups in total. The zero-order valence-corrected chi connectivity index (χ0v) is 21.2. The summed E-state index contributed by atoms with van der Waals surface area (Å²) in [6, 6.07) is 8.71. The molecule has 3 rings (SSSR count). The number of benzene rings is 1. The van der Waals surface area contributed by atoms with Crippen molar-refractivity contribution in [3.8, 4) is 0 Å². The standard InChI is InChI=1S/C25H37N5O6/c1-17(31)29-21-23-22(35-25(2,3)36-23)20(16-28-30-26)34-24(21)33-14-10-5-4-9-13-27-15-19(32)18-11-7-6-8-12-18/h6-8,11-12,20-24,27H,4-5,9-10,13-16H2,1-3H3,(H,29,31). The molecule has 0 bridgehead atoms. The number of carbonyl (C=O) groups is 2. The van der Waals surface area contributed by atoms with E-state index in [1.165, 1.54) is 6.92 Å². The van der Waals surface area contributed by atoms with Crippen LogP contribution in [0.1, 0.15) is 56.8 Å². The Morgan fingerprint density at radius 3 is 2.56 bits per heavy atom. The highest BCUT2D eigenvalue weighted by Crippen LogP contribution is 2.38. The van der Waals surface area contributed by atoms with E-state index in [2.05, 4.69) is 20.7 Å². The molecular formula is C25H37N5O6. The molecule has 0 saturated carbocycles. The van der Waals surface area contributed by atoms with Crippen LogP contribution in [0.25, 0.3) is 10.4 Å². The van der Waals surface area contributed by atoms with E-state index in [0.717, 1.165) is 37.8 Å². The first-order chi connectivity index (χ1) is 17.3. The van der Waals surface area contributed by atoms with Gasteiger partial charge in [-0.15, -0.1) is 0 Å². The molecule has 0 radical (unpaired) electrons. The molecule has 11 heteroatoms. The molecule has 11 nitrogen and oxygen atoms in total. The summed E-state index contributed by atoms with van der Waals surface area (Å²) in [7, 11) is 0. The van der Waals surface area contributed by atoms with Crippen LogP contribution < -0.4 is 10.6 Å². The second-order valence-electron chi connectivity index (χ2n) is 9.50. The fourth-order valence-corrected chi connectivity index (χ4v) is 4.50. The number of fused-ring (bicyclic) bond motifs is 1. The molecule has 2 saturated heterocycles. The van der Waals surface area contributed by atoms with E-state index < -0.39 is 36.4 Å². The van der Waals surface area contributed by atoms with Gasteiger partial charge in [-0.05, 0) is 38.8 Å². The van der Waals surface area contributed by atoms with Crippen LogP contribution in [0.3, 0.4) is 0 Å². The Morgan fingerprint density at radius 2 is 1.83 bits per heavy atom. The van der Waals surface area contributed by atoms with E-state index in [-0.39, 0.29) is 18.2 Å². The highest BCUT2D eigenvalue weighted by Gasteiger charge is 2.55. The van der Waals surface area contributed by atoms with Gasteiger partial charge < -0.3 is 29.6 Å². The predicted octanol–water partition coefficient (Wildman–Crippen LogP) is 3.10. The minimum Gasteiger partial charge on any atom is -0.350 e. The number of azide groups is 1. The summed E-state index contributed by atoms with van der Waals surface area (Å²) >= 11 is 0. The first-order valence-corrected chi connectivity index (χ1v) is 12.5. The summed E-state index contributed by atoms with van der Waals surface area (Å²) in [4.78, 5) is 26.8. The van der Waals surface area contributed by atoms with Crippen molar-refractivity contribution in [2.24, 2.45) is 5.11 Å². The van der Waals surface area contributed by atoms with Crippen LogP contribution in [0.5, 0.6) is 0 Å². The van der Waals surface area contributed by atoms with E-state index in [9.17, 15) is 9.59 Å². The molecule has 1 amide bonds. The lowest BCUT2D eigenvalue weighted by molar-refractivity contribution is -0.242. The summed E-state index contributed by atoms with van der Waals surface area (Å²) < 4.78 is 24.2. The molecule has 2 aliphatic heterocycles. The first-order valence-electron chi connectivity index (χ1n) is 12.5. The first kappa shape index (κ1) is 28.0. The lowest BCUT2D eigenvalue weighted by atomic mass is 9.96. The number of amides is 1. The maximum Gasteiger partial charge on any atom is 0.217 e. The van der Waals surface area contributed by atoms with Crippen LogP contribution in [-0.2, 0) is 23.7 Å². The van der Waals surface area contributed by atoms with Crippen molar-refractivity contribution in [3.05, 3.63) is 46.3 Å². The van der Waals surface area contributed by atoms with Crippen molar-refractivity contribution in [1.82, 2.24) is 10.6 Å². The number of ether oxygens (including phenoxy) is 4. The second-order valence-corrected chi connectivity index (χ2v) is 9.50. The third kappa shape index (κ3) is 8.26. The van der Waals surface area contributed by atoms with Crippen LogP contribution in [-0.4, -0.2) is 74.4 Å². The van der Waals surface area contributed by atoms with Gasteiger partial charge in [0, 0.05) is 24.0 Å². The monoisotopic (exact) mass is 503 g/mol. The van der Waals surface area contributed by atoms with Gasteiger partial charge in [0.15, 0.2) is 17.9 Å². The number of carbonyl (C=O) groups excluding carboxylic acids is 2. The van der Waals surface area contributed by atoms with E-state index in [1.54, 1.807) is 13.8 Å². The van der Waals surface area contributed by atoms with E-state index in [1.807, 2.05) is 30.3 Å². The summed E-state index contributed by atoms with van der Waals surface area (Å²) in [6.45, 7) is 6.64. The average molecular weight is 504 g/mol. The normalized spacial score (nSPS) is 26.6. The number of nitrogens with one attached hydrogen (secondary N) is 2. The highest BCUT2D eigenvalue weighted by atomic mass is 16.8. The summed E-state index contributed by atoms with van der Waals surface area (Å²) in [6.07, 6.45) is 1.42. The second kappa shape index (κ2) is 13.7. The highest BCUT2D eigenvalue weighted by molar-refractivity contribution is 5.97. The van der Waals surface area contributed by atoms with Crippen molar-refractivity contribution in [2.75, 3.05) is 26.2 Å².